The molecule has 6 heteroatoms. The Morgan fingerprint density at radius 2 is 1.79 bits per heavy atom. The molecule has 3 aromatic carbocycles. The lowest BCUT2D eigenvalue weighted by Gasteiger charge is -2.16. The van der Waals surface area contributed by atoms with E-state index in [2.05, 4.69) is 41.1 Å². The van der Waals surface area contributed by atoms with Gasteiger partial charge in [0.1, 0.15) is 5.75 Å². The molecule has 1 aliphatic carbocycles. The predicted molar refractivity (Wildman–Crippen MR) is 149 cm³/mol. The first-order valence-electron chi connectivity index (χ1n) is 13.2. The molecule has 1 fully saturated rings. The number of benzene rings is 3. The number of ether oxygens (including phenoxy) is 1. The van der Waals surface area contributed by atoms with Crippen molar-refractivity contribution in [1.82, 2.24) is 9.88 Å². The molecule has 5 rings (SSSR count). The van der Waals surface area contributed by atoms with Gasteiger partial charge in [0.15, 0.2) is 6.10 Å². The molecule has 1 saturated carbocycles. The van der Waals surface area contributed by atoms with E-state index in [4.69, 9.17) is 9.84 Å². The third-order valence-corrected chi connectivity index (χ3v) is 7.66. The maximum absolute atomic E-state index is 13.2. The number of nitrogens with zero attached hydrogens (tertiary/aromatic N) is 1. The Morgan fingerprint density at radius 3 is 2.47 bits per heavy atom. The first kappa shape index (κ1) is 25.6. The average Bonchev–Trinajstić information content (AvgIpc) is 3.74. The normalized spacial score (nSPS) is 14.7. The van der Waals surface area contributed by atoms with E-state index in [1.54, 1.807) is 12.1 Å². The first-order valence-corrected chi connectivity index (χ1v) is 13.2. The number of carbonyl (C=O) groups excluding carboxylic acids is 1. The van der Waals surface area contributed by atoms with Crippen molar-refractivity contribution in [3.8, 4) is 5.75 Å². The fourth-order valence-electron chi connectivity index (χ4n) is 5.01. The van der Waals surface area contributed by atoms with Gasteiger partial charge in [-0.05, 0) is 92.5 Å². The lowest BCUT2D eigenvalue weighted by molar-refractivity contribution is -0.144. The second-order valence-electron chi connectivity index (χ2n) is 10.4. The zero-order valence-electron chi connectivity index (χ0n) is 22.3. The quantitative estimate of drug-likeness (QED) is 0.277. The van der Waals surface area contributed by atoms with E-state index in [1.807, 2.05) is 44.3 Å². The Kier molecular flexibility index (Phi) is 6.98. The van der Waals surface area contributed by atoms with Crippen LogP contribution >= 0.6 is 0 Å². The molecule has 0 bridgehead atoms. The van der Waals surface area contributed by atoms with Gasteiger partial charge in [-0.15, -0.1) is 0 Å². The summed E-state index contributed by atoms with van der Waals surface area (Å²) < 4.78 is 7.58. The summed E-state index contributed by atoms with van der Waals surface area (Å²) in [6.45, 7) is 5.64. The van der Waals surface area contributed by atoms with Gasteiger partial charge in [0.05, 0.1) is 6.04 Å². The highest BCUT2D eigenvalue weighted by atomic mass is 16.5. The number of carbonyl (C=O) groups is 2. The van der Waals surface area contributed by atoms with Gasteiger partial charge < -0.3 is 19.7 Å². The maximum atomic E-state index is 13.2. The highest BCUT2D eigenvalue weighted by molar-refractivity contribution is 5.99. The molecule has 0 spiro atoms. The van der Waals surface area contributed by atoms with Gasteiger partial charge >= 0.3 is 5.97 Å². The zero-order valence-corrected chi connectivity index (χ0v) is 22.3. The summed E-state index contributed by atoms with van der Waals surface area (Å²) in [5.74, 6) is 0.137. The van der Waals surface area contributed by atoms with E-state index in [0.717, 1.165) is 34.1 Å². The lowest BCUT2D eigenvalue weighted by Crippen LogP contribution is -2.26. The van der Waals surface area contributed by atoms with Crippen LogP contribution in [0.3, 0.4) is 0 Å². The van der Waals surface area contributed by atoms with Crippen molar-refractivity contribution in [1.29, 1.82) is 0 Å². The minimum absolute atomic E-state index is 0.0759. The lowest BCUT2D eigenvalue weighted by atomic mass is 10.0. The molecule has 1 aromatic heterocycles. The van der Waals surface area contributed by atoms with E-state index in [0.29, 0.717) is 17.2 Å². The van der Waals surface area contributed by atoms with Crippen LogP contribution in [0.2, 0.25) is 0 Å². The number of aliphatic carboxylic acids is 1. The molecule has 1 aliphatic rings. The third-order valence-electron chi connectivity index (χ3n) is 7.66. The molecule has 1 unspecified atom stereocenters. The second kappa shape index (κ2) is 10.4. The van der Waals surface area contributed by atoms with Gasteiger partial charge in [0.25, 0.3) is 5.91 Å². The second-order valence-corrected chi connectivity index (χ2v) is 10.4. The number of carboxylic acids is 1. The van der Waals surface area contributed by atoms with Gasteiger partial charge in [-0.1, -0.05) is 42.5 Å². The molecule has 4 aromatic rings. The van der Waals surface area contributed by atoms with Crippen LogP contribution in [0.25, 0.3) is 10.9 Å². The number of aryl methyl sites for hydroxylation is 1. The number of nitrogens with one attached hydrogen (secondary N) is 1. The van der Waals surface area contributed by atoms with Crippen LogP contribution in [0, 0.1) is 6.92 Å². The van der Waals surface area contributed by atoms with Gasteiger partial charge in [-0.2, -0.15) is 0 Å². The van der Waals surface area contributed by atoms with Crippen molar-refractivity contribution in [2.24, 2.45) is 7.05 Å². The highest BCUT2D eigenvalue weighted by Crippen LogP contribution is 2.40. The van der Waals surface area contributed by atoms with Crippen molar-refractivity contribution in [2.45, 2.75) is 58.1 Å². The zero-order chi connectivity index (χ0) is 27.0. The average molecular weight is 511 g/mol. The standard InChI is InChI=1S/C32H34N2O4/c1-19(24-6-5-7-25(17-24)23-10-11-23)33-31(35)26-12-15-28-29(20(2)34(4)30(28)18-26)16-22-8-13-27(14-9-22)38-21(3)32(36)37/h5-9,12-15,17-19,21,23H,10-11,16H2,1-4H3,(H,33,35)(H,36,37)/t19-,21?/m0/s1. The number of amides is 1. The number of fused-ring (bicyclic) bond motifs is 1. The summed E-state index contributed by atoms with van der Waals surface area (Å²) in [6.07, 6.45) is 2.34. The summed E-state index contributed by atoms with van der Waals surface area (Å²) >= 11 is 0. The summed E-state index contributed by atoms with van der Waals surface area (Å²) in [5, 5.41) is 13.3. The van der Waals surface area contributed by atoms with Gasteiger partial charge in [0, 0.05) is 29.2 Å². The highest BCUT2D eigenvalue weighted by Gasteiger charge is 2.24. The molecular weight excluding hydrogens is 476 g/mol. The van der Waals surface area contributed by atoms with E-state index >= 15 is 0 Å². The van der Waals surface area contributed by atoms with Gasteiger partial charge in [-0.25, -0.2) is 4.79 Å². The van der Waals surface area contributed by atoms with Crippen LogP contribution in [0.15, 0.2) is 66.7 Å². The van der Waals surface area contributed by atoms with E-state index in [9.17, 15) is 9.59 Å². The smallest absolute Gasteiger partial charge is 0.344 e. The molecule has 1 amide bonds. The fraction of sp³-hybridized carbons (Fsp3) is 0.312. The topological polar surface area (TPSA) is 80.6 Å². The Hall–Kier alpha value is -4.06. The SMILES string of the molecule is Cc1c(Cc2ccc(OC(C)C(=O)O)cc2)c2ccc(C(=O)N[C@@H](C)c3cccc(C4CC4)c3)cc2n1C. The Labute approximate surface area is 223 Å². The van der Waals surface area contributed by atoms with Crippen LogP contribution < -0.4 is 10.1 Å². The Morgan fingerprint density at radius 1 is 1.05 bits per heavy atom. The molecule has 1 heterocycles. The van der Waals surface area contributed by atoms with Crippen LogP contribution in [-0.2, 0) is 18.3 Å². The van der Waals surface area contributed by atoms with Crippen molar-refractivity contribution in [3.05, 3.63) is 100 Å². The number of rotatable bonds is 9. The van der Waals surface area contributed by atoms with Crippen LogP contribution in [0.1, 0.15) is 77.0 Å². The predicted octanol–water partition coefficient (Wildman–Crippen LogP) is 6.30. The number of aromatic nitrogens is 1. The fourth-order valence-corrected chi connectivity index (χ4v) is 5.01. The van der Waals surface area contributed by atoms with E-state index in [-0.39, 0.29) is 11.9 Å². The number of hydrogen-bond acceptors (Lipinski definition) is 3. The first-order chi connectivity index (χ1) is 18.2. The van der Waals surface area contributed by atoms with E-state index in [1.165, 1.54) is 30.9 Å². The molecule has 0 aliphatic heterocycles. The summed E-state index contributed by atoms with van der Waals surface area (Å²) in [4.78, 5) is 24.2. The summed E-state index contributed by atoms with van der Waals surface area (Å²) in [6, 6.07) is 21.9. The monoisotopic (exact) mass is 510 g/mol. The van der Waals surface area contributed by atoms with Gasteiger partial charge in [0.2, 0.25) is 0 Å². The third kappa shape index (κ3) is 5.30. The molecule has 6 nitrogen and oxygen atoms in total. The number of carboxylic acid groups (broad SMARTS) is 1. The largest absolute Gasteiger partial charge is 0.479 e. The Balaban J connectivity index is 1.32. The van der Waals surface area contributed by atoms with Crippen molar-refractivity contribution >= 4 is 22.8 Å². The molecule has 2 atom stereocenters. The van der Waals surface area contributed by atoms with Crippen molar-refractivity contribution < 1.29 is 19.4 Å². The summed E-state index contributed by atoms with van der Waals surface area (Å²) in [5.41, 5.74) is 7.60. The molecule has 0 saturated heterocycles. The number of hydrogen-bond donors (Lipinski definition) is 2. The summed E-state index contributed by atoms with van der Waals surface area (Å²) in [7, 11) is 2.03. The van der Waals surface area contributed by atoms with E-state index < -0.39 is 12.1 Å². The van der Waals surface area contributed by atoms with Crippen LogP contribution in [-0.4, -0.2) is 27.7 Å². The molecule has 0 radical (unpaired) electrons. The van der Waals surface area contributed by atoms with Crippen LogP contribution in [0.5, 0.6) is 5.75 Å². The Bertz CT molecular complexity index is 1500. The molecular formula is C32H34N2O4. The van der Waals surface area contributed by atoms with Crippen molar-refractivity contribution in [3.63, 3.8) is 0 Å². The molecule has 38 heavy (non-hydrogen) atoms. The van der Waals surface area contributed by atoms with Crippen LogP contribution in [0.4, 0.5) is 0 Å². The maximum Gasteiger partial charge on any atom is 0.344 e. The van der Waals surface area contributed by atoms with Crippen molar-refractivity contribution in [2.75, 3.05) is 0 Å². The minimum Gasteiger partial charge on any atom is -0.479 e. The molecule has 196 valence electrons. The van der Waals surface area contributed by atoms with Gasteiger partial charge in [-0.3, -0.25) is 4.79 Å². The minimum atomic E-state index is -0.995. The molecule has 2 N–H and O–H groups in total.